The monoisotopic (exact) mass is 283 g/mol. The van der Waals surface area contributed by atoms with Gasteiger partial charge in [0.05, 0.1) is 17.2 Å². The van der Waals surface area contributed by atoms with Crippen LogP contribution in [0.5, 0.6) is 5.75 Å². The lowest BCUT2D eigenvalue weighted by molar-refractivity contribution is 0.0262. The largest absolute Gasteiger partial charge is 0.489 e. The predicted octanol–water partition coefficient (Wildman–Crippen LogP) is 3.40. The van der Waals surface area contributed by atoms with Crippen molar-refractivity contribution < 1.29 is 9.47 Å². The molecule has 1 aliphatic heterocycles. The van der Waals surface area contributed by atoms with Crippen molar-refractivity contribution in [3.63, 3.8) is 0 Å². The molecule has 0 saturated carbocycles. The molecule has 2 rings (SSSR count). The third kappa shape index (κ3) is 4.10. The lowest BCUT2D eigenvalue weighted by Gasteiger charge is -2.16. The Hall–Kier alpha value is -0.770. The van der Waals surface area contributed by atoms with E-state index >= 15 is 0 Å². The number of hydrogen-bond donors (Lipinski definition) is 1. The number of nitrogens with one attached hydrogen (secondary N) is 1. The minimum absolute atomic E-state index is 0.193. The van der Waals surface area contributed by atoms with E-state index in [1.54, 1.807) is 0 Å². The summed E-state index contributed by atoms with van der Waals surface area (Å²) >= 11 is 6.23. The van der Waals surface area contributed by atoms with Gasteiger partial charge in [0.1, 0.15) is 12.4 Å². The van der Waals surface area contributed by atoms with Crippen molar-refractivity contribution >= 4 is 11.6 Å². The average molecular weight is 284 g/mol. The molecule has 106 valence electrons. The van der Waals surface area contributed by atoms with Crippen molar-refractivity contribution in [3.8, 4) is 5.75 Å². The van der Waals surface area contributed by atoms with E-state index in [1.165, 1.54) is 0 Å². The molecular weight excluding hydrogens is 262 g/mol. The van der Waals surface area contributed by atoms with Crippen LogP contribution in [-0.4, -0.2) is 25.4 Å². The van der Waals surface area contributed by atoms with Crippen LogP contribution in [0.2, 0.25) is 5.02 Å². The molecule has 1 fully saturated rings. The number of ether oxygens (including phenoxy) is 2. The predicted molar refractivity (Wildman–Crippen MR) is 77.9 cm³/mol. The second-order valence-corrected chi connectivity index (χ2v) is 5.37. The van der Waals surface area contributed by atoms with Gasteiger partial charge >= 0.3 is 0 Å². The molecule has 0 spiro atoms. The maximum absolute atomic E-state index is 6.23. The minimum atomic E-state index is 0.193. The van der Waals surface area contributed by atoms with E-state index in [9.17, 15) is 0 Å². The molecule has 0 radical (unpaired) electrons. The van der Waals surface area contributed by atoms with Crippen LogP contribution in [0, 0.1) is 0 Å². The Morgan fingerprint density at radius 1 is 1.42 bits per heavy atom. The third-order valence-electron chi connectivity index (χ3n) is 3.35. The number of para-hydroxylation sites is 1. The van der Waals surface area contributed by atoms with Gasteiger partial charge in [-0.1, -0.05) is 30.7 Å². The molecule has 1 aliphatic rings. The highest BCUT2D eigenvalue weighted by molar-refractivity contribution is 6.32. The first kappa shape index (κ1) is 14.6. The Balaban J connectivity index is 1.97. The van der Waals surface area contributed by atoms with Gasteiger partial charge in [-0.05, 0) is 32.4 Å². The standard InChI is InChI=1S/C15H22ClNO2/c1-3-17-9-12-5-4-6-14(16)15(12)18-10-13-8-7-11(2)19-13/h4-6,11,13,17H,3,7-10H2,1-2H3. The van der Waals surface area contributed by atoms with Gasteiger partial charge in [0.2, 0.25) is 0 Å². The zero-order chi connectivity index (χ0) is 13.7. The second kappa shape index (κ2) is 7.13. The average Bonchev–Trinajstić information content (AvgIpc) is 2.81. The molecule has 1 N–H and O–H groups in total. The summed E-state index contributed by atoms with van der Waals surface area (Å²) in [6.07, 6.45) is 2.72. The van der Waals surface area contributed by atoms with E-state index in [1.807, 2.05) is 18.2 Å². The molecule has 19 heavy (non-hydrogen) atoms. The summed E-state index contributed by atoms with van der Waals surface area (Å²) in [4.78, 5) is 0. The Morgan fingerprint density at radius 3 is 2.95 bits per heavy atom. The van der Waals surface area contributed by atoms with Crippen LogP contribution in [0.4, 0.5) is 0 Å². The number of halogens is 1. The van der Waals surface area contributed by atoms with Crippen LogP contribution in [0.3, 0.4) is 0 Å². The second-order valence-electron chi connectivity index (χ2n) is 4.97. The highest BCUT2D eigenvalue weighted by Gasteiger charge is 2.22. The van der Waals surface area contributed by atoms with Crippen molar-refractivity contribution in [1.29, 1.82) is 0 Å². The molecule has 4 heteroatoms. The first-order chi connectivity index (χ1) is 9.20. The zero-order valence-corrected chi connectivity index (χ0v) is 12.4. The van der Waals surface area contributed by atoms with Gasteiger partial charge in [-0.2, -0.15) is 0 Å². The van der Waals surface area contributed by atoms with Crippen LogP contribution < -0.4 is 10.1 Å². The van der Waals surface area contributed by atoms with Crippen LogP contribution in [0.15, 0.2) is 18.2 Å². The molecule has 2 unspecified atom stereocenters. The van der Waals surface area contributed by atoms with Gasteiger partial charge in [-0.3, -0.25) is 0 Å². The molecule has 1 saturated heterocycles. The zero-order valence-electron chi connectivity index (χ0n) is 11.6. The van der Waals surface area contributed by atoms with Crippen molar-refractivity contribution in [2.75, 3.05) is 13.2 Å². The Kier molecular flexibility index (Phi) is 5.49. The van der Waals surface area contributed by atoms with E-state index in [0.29, 0.717) is 17.7 Å². The van der Waals surface area contributed by atoms with Gasteiger partial charge < -0.3 is 14.8 Å². The highest BCUT2D eigenvalue weighted by Crippen LogP contribution is 2.30. The van der Waals surface area contributed by atoms with Crippen LogP contribution in [0.1, 0.15) is 32.3 Å². The molecule has 1 aromatic rings. The molecule has 1 heterocycles. The van der Waals surface area contributed by atoms with Gasteiger partial charge in [0, 0.05) is 12.1 Å². The van der Waals surface area contributed by atoms with Crippen molar-refractivity contribution in [2.24, 2.45) is 0 Å². The van der Waals surface area contributed by atoms with E-state index in [2.05, 4.69) is 19.2 Å². The van der Waals surface area contributed by atoms with Gasteiger partial charge in [0.15, 0.2) is 0 Å². The maximum Gasteiger partial charge on any atom is 0.142 e. The van der Waals surface area contributed by atoms with E-state index in [0.717, 1.165) is 37.2 Å². The highest BCUT2D eigenvalue weighted by atomic mass is 35.5. The Bertz CT molecular complexity index is 411. The molecule has 2 atom stereocenters. The summed E-state index contributed by atoms with van der Waals surface area (Å²) in [5.74, 6) is 0.785. The van der Waals surface area contributed by atoms with Crippen molar-refractivity contribution in [3.05, 3.63) is 28.8 Å². The maximum atomic E-state index is 6.23. The number of hydrogen-bond acceptors (Lipinski definition) is 3. The Morgan fingerprint density at radius 2 is 2.26 bits per heavy atom. The van der Waals surface area contributed by atoms with Crippen LogP contribution in [0.25, 0.3) is 0 Å². The molecule has 0 amide bonds. The quantitative estimate of drug-likeness (QED) is 0.868. The third-order valence-corrected chi connectivity index (χ3v) is 3.65. The van der Waals surface area contributed by atoms with E-state index in [4.69, 9.17) is 21.1 Å². The fourth-order valence-electron chi connectivity index (χ4n) is 2.30. The van der Waals surface area contributed by atoms with Gasteiger partial charge in [-0.15, -0.1) is 0 Å². The van der Waals surface area contributed by atoms with Gasteiger partial charge in [0.25, 0.3) is 0 Å². The molecule has 0 bridgehead atoms. The van der Waals surface area contributed by atoms with Crippen molar-refractivity contribution in [1.82, 2.24) is 5.32 Å². The first-order valence-electron chi connectivity index (χ1n) is 6.97. The SMILES string of the molecule is CCNCc1cccc(Cl)c1OCC1CCC(C)O1. The van der Waals surface area contributed by atoms with E-state index in [-0.39, 0.29) is 6.10 Å². The summed E-state index contributed by atoms with van der Waals surface area (Å²) in [6, 6.07) is 5.86. The molecule has 1 aromatic carbocycles. The lowest BCUT2D eigenvalue weighted by atomic mass is 10.2. The molecule has 0 aromatic heterocycles. The summed E-state index contributed by atoms with van der Waals surface area (Å²) < 4.78 is 11.7. The number of rotatable bonds is 6. The summed E-state index contributed by atoms with van der Waals surface area (Å²) in [7, 11) is 0. The lowest BCUT2D eigenvalue weighted by Crippen LogP contribution is -2.19. The smallest absolute Gasteiger partial charge is 0.142 e. The van der Waals surface area contributed by atoms with Crippen LogP contribution >= 0.6 is 11.6 Å². The Labute approximate surface area is 120 Å². The topological polar surface area (TPSA) is 30.5 Å². The molecule has 0 aliphatic carbocycles. The fourth-order valence-corrected chi connectivity index (χ4v) is 2.55. The summed E-state index contributed by atoms with van der Waals surface area (Å²) in [5, 5.41) is 3.97. The normalized spacial score (nSPS) is 22.7. The van der Waals surface area contributed by atoms with Crippen LogP contribution in [-0.2, 0) is 11.3 Å². The first-order valence-corrected chi connectivity index (χ1v) is 7.35. The van der Waals surface area contributed by atoms with Crippen molar-refractivity contribution in [2.45, 2.75) is 45.4 Å². The fraction of sp³-hybridized carbons (Fsp3) is 0.600. The molecule has 3 nitrogen and oxygen atoms in total. The number of benzene rings is 1. The summed E-state index contributed by atoms with van der Waals surface area (Å²) in [6.45, 7) is 6.46. The minimum Gasteiger partial charge on any atom is -0.489 e. The molecular formula is C15H22ClNO2. The van der Waals surface area contributed by atoms with E-state index < -0.39 is 0 Å². The van der Waals surface area contributed by atoms with Gasteiger partial charge in [-0.25, -0.2) is 0 Å². The summed E-state index contributed by atoms with van der Waals surface area (Å²) in [5.41, 5.74) is 1.10.